The van der Waals surface area contributed by atoms with Gasteiger partial charge in [-0.05, 0) is 34.7 Å². The van der Waals surface area contributed by atoms with E-state index < -0.39 is 0 Å². The van der Waals surface area contributed by atoms with Crippen LogP contribution in [0.5, 0.6) is 0 Å². The second-order valence-corrected chi connectivity index (χ2v) is 6.21. The van der Waals surface area contributed by atoms with Crippen LogP contribution in [0.1, 0.15) is 10.5 Å². The van der Waals surface area contributed by atoms with Gasteiger partial charge in [-0.3, -0.25) is 9.59 Å². The van der Waals surface area contributed by atoms with Gasteiger partial charge in [-0.2, -0.15) is 0 Å². The smallest absolute Gasteiger partial charge is 0.268 e. The average molecular weight is 375 g/mol. The van der Waals surface area contributed by atoms with E-state index in [1.165, 1.54) is 0 Å². The van der Waals surface area contributed by atoms with E-state index in [0.717, 1.165) is 16.5 Å². The molecular formula is C19H17N7O2. The summed E-state index contributed by atoms with van der Waals surface area (Å²) in [5.74, 6) is -0.0915. The summed E-state index contributed by atoms with van der Waals surface area (Å²) in [4.78, 5) is 27.5. The van der Waals surface area contributed by atoms with Gasteiger partial charge < -0.3 is 15.6 Å². The largest absolute Gasteiger partial charge is 0.351 e. The highest BCUT2D eigenvalue weighted by molar-refractivity contribution is 6.01. The van der Waals surface area contributed by atoms with E-state index >= 15 is 0 Å². The van der Waals surface area contributed by atoms with Gasteiger partial charge in [0.05, 0.1) is 6.54 Å². The highest BCUT2D eigenvalue weighted by atomic mass is 16.2. The lowest BCUT2D eigenvalue weighted by atomic mass is 10.2. The molecule has 3 N–H and O–H groups in total. The van der Waals surface area contributed by atoms with Crippen molar-refractivity contribution >= 4 is 28.4 Å². The molecule has 28 heavy (non-hydrogen) atoms. The summed E-state index contributed by atoms with van der Waals surface area (Å²) in [6.45, 7) is -0.149. The Bertz CT molecular complexity index is 1130. The molecule has 0 bridgehead atoms. The number of carbonyl (C=O) groups excluding carboxylic acids is 2. The van der Waals surface area contributed by atoms with E-state index in [1.807, 2.05) is 30.3 Å². The Hall–Kier alpha value is -4.01. The fourth-order valence-corrected chi connectivity index (χ4v) is 2.87. The number of aryl methyl sites for hydroxylation is 1. The van der Waals surface area contributed by atoms with Gasteiger partial charge in [0.1, 0.15) is 5.69 Å². The third-order valence-corrected chi connectivity index (χ3v) is 4.21. The maximum atomic E-state index is 12.3. The van der Waals surface area contributed by atoms with Crippen molar-refractivity contribution in [1.82, 2.24) is 30.5 Å². The first kappa shape index (κ1) is 17.4. The molecule has 9 heteroatoms. The summed E-state index contributed by atoms with van der Waals surface area (Å²) >= 11 is 0. The van der Waals surface area contributed by atoms with Crippen LogP contribution in [0.15, 0.2) is 54.6 Å². The minimum Gasteiger partial charge on any atom is -0.351 e. The molecule has 0 fully saturated rings. The minimum atomic E-state index is -0.342. The van der Waals surface area contributed by atoms with Crippen LogP contribution in [0.4, 0.5) is 5.69 Å². The number of hydrogen-bond acceptors (Lipinski definition) is 5. The Morgan fingerprint density at radius 2 is 1.96 bits per heavy atom. The van der Waals surface area contributed by atoms with Crippen molar-refractivity contribution in [3.8, 4) is 11.4 Å². The highest BCUT2D eigenvalue weighted by Crippen LogP contribution is 2.19. The quantitative estimate of drug-likeness (QED) is 0.491. The van der Waals surface area contributed by atoms with Crippen LogP contribution in [0, 0.1) is 0 Å². The maximum absolute atomic E-state index is 12.3. The number of benzene rings is 2. The van der Waals surface area contributed by atoms with Crippen LogP contribution >= 0.6 is 0 Å². The molecule has 0 aliphatic rings. The van der Waals surface area contributed by atoms with Gasteiger partial charge in [-0.1, -0.05) is 30.3 Å². The Kier molecular flexibility index (Phi) is 4.55. The number of tetrazole rings is 1. The topological polar surface area (TPSA) is 118 Å². The van der Waals surface area contributed by atoms with Crippen molar-refractivity contribution in [1.29, 1.82) is 0 Å². The number of fused-ring (bicyclic) bond motifs is 1. The first-order chi connectivity index (χ1) is 13.6. The number of nitrogens with one attached hydrogen (secondary N) is 3. The molecule has 0 saturated carbocycles. The van der Waals surface area contributed by atoms with Crippen LogP contribution in [0.25, 0.3) is 22.3 Å². The summed E-state index contributed by atoms with van der Waals surface area (Å²) in [6, 6.07) is 16.5. The van der Waals surface area contributed by atoms with Crippen LogP contribution in [-0.2, 0) is 11.8 Å². The molecular weight excluding hydrogens is 358 g/mol. The molecule has 2 heterocycles. The number of aromatic nitrogens is 5. The van der Waals surface area contributed by atoms with Gasteiger partial charge in [0.2, 0.25) is 5.91 Å². The van der Waals surface area contributed by atoms with E-state index in [1.54, 1.807) is 36.0 Å². The summed E-state index contributed by atoms with van der Waals surface area (Å²) in [5, 5.41) is 17.7. The Morgan fingerprint density at radius 3 is 2.75 bits per heavy atom. The van der Waals surface area contributed by atoms with Crippen molar-refractivity contribution in [3.05, 3.63) is 60.3 Å². The molecule has 2 aromatic carbocycles. The molecule has 2 aromatic heterocycles. The van der Waals surface area contributed by atoms with E-state index in [9.17, 15) is 9.59 Å². The average Bonchev–Trinajstić information content (AvgIpc) is 3.32. The van der Waals surface area contributed by atoms with Gasteiger partial charge in [-0.25, -0.2) is 4.68 Å². The number of nitrogens with zero attached hydrogens (tertiary/aromatic N) is 4. The number of para-hydroxylation sites is 1. The predicted molar refractivity (Wildman–Crippen MR) is 103 cm³/mol. The van der Waals surface area contributed by atoms with Gasteiger partial charge >= 0.3 is 0 Å². The van der Waals surface area contributed by atoms with E-state index in [2.05, 4.69) is 31.1 Å². The molecule has 2 amide bonds. The summed E-state index contributed by atoms with van der Waals surface area (Å²) in [5.41, 5.74) is 2.63. The number of aromatic amines is 1. The van der Waals surface area contributed by atoms with Crippen molar-refractivity contribution < 1.29 is 9.59 Å². The molecule has 4 aromatic rings. The monoisotopic (exact) mass is 375 g/mol. The van der Waals surface area contributed by atoms with E-state index in [-0.39, 0.29) is 18.4 Å². The molecule has 0 aliphatic carbocycles. The molecule has 0 atom stereocenters. The van der Waals surface area contributed by atoms with Crippen LogP contribution in [0.3, 0.4) is 0 Å². The first-order valence-electron chi connectivity index (χ1n) is 8.59. The third-order valence-electron chi connectivity index (χ3n) is 4.21. The molecule has 9 nitrogen and oxygen atoms in total. The highest BCUT2D eigenvalue weighted by Gasteiger charge is 2.12. The summed E-state index contributed by atoms with van der Waals surface area (Å²) < 4.78 is 1.54. The molecule has 140 valence electrons. The molecule has 4 rings (SSSR count). The van der Waals surface area contributed by atoms with Crippen molar-refractivity contribution in [2.24, 2.45) is 7.05 Å². The summed E-state index contributed by atoms with van der Waals surface area (Å²) in [7, 11) is 1.74. The number of hydrogen-bond donors (Lipinski definition) is 3. The zero-order chi connectivity index (χ0) is 19.5. The van der Waals surface area contributed by atoms with Crippen molar-refractivity contribution in [2.75, 3.05) is 11.9 Å². The molecule has 0 spiro atoms. The zero-order valence-corrected chi connectivity index (χ0v) is 15.0. The maximum Gasteiger partial charge on any atom is 0.268 e. The van der Waals surface area contributed by atoms with Gasteiger partial charge in [-0.15, -0.1) is 5.10 Å². The zero-order valence-electron chi connectivity index (χ0n) is 15.0. The van der Waals surface area contributed by atoms with Crippen molar-refractivity contribution in [2.45, 2.75) is 0 Å². The fraction of sp³-hybridized carbons (Fsp3) is 0.105. The SMILES string of the molecule is Cn1nnnc1-c1cccc(NC(=O)CNC(=O)c2cc3ccccc3[nH]2)c1. The predicted octanol–water partition coefficient (Wildman–Crippen LogP) is 1.73. The minimum absolute atomic E-state index is 0.149. The molecule has 0 aliphatic heterocycles. The van der Waals surface area contributed by atoms with Crippen LogP contribution < -0.4 is 10.6 Å². The number of H-pyrrole nitrogens is 1. The van der Waals surface area contributed by atoms with Gasteiger partial charge in [0.15, 0.2) is 5.82 Å². The number of anilines is 1. The Labute approximate surface area is 159 Å². The number of amides is 2. The third kappa shape index (κ3) is 3.58. The van der Waals surface area contributed by atoms with E-state index in [4.69, 9.17) is 0 Å². The van der Waals surface area contributed by atoms with Gasteiger partial charge in [0, 0.05) is 29.2 Å². The van der Waals surface area contributed by atoms with Crippen molar-refractivity contribution in [3.63, 3.8) is 0 Å². The molecule has 0 saturated heterocycles. The lowest BCUT2D eigenvalue weighted by molar-refractivity contribution is -0.115. The van der Waals surface area contributed by atoms with Crippen LogP contribution in [0.2, 0.25) is 0 Å². The summed E-state index contributed by atoms with van der Waals surface area (Å²) in [6.07, 6.45) is 0. The van der Waals surface area contributed by atoms with E-state index in [0.29, 0.717) is 17.2 Å². The Morgan fingerprint density at radius 1 is 1.11 bits per heavy atom. The standard InChI is InChI=1S/C19H17N7O2/c1-26-18(23-24-25-26)13-6-4-7-14(9-13)21-17(27)11-20-19(28)16-10-12-5-2-3-8-15(12)22-16/h2-10,22H,11H2,1H3,(H,20,28)(H,21,27). The number of rotatable bonds is 5. The fourth-order valence-electron chi connectivity index (χ4n) is 2.87. The molecule has 0 unspecified atom stereocenters. The second kappa shape index (κ2) is 7.31. The first-order valence-corrected chi connectivity index (χ1v) is 8.59. The normalized spacial score (nSPS) is 10.8. The van der Waals surface area contributed by atoms with Crippen LogP contribution in [-0.4, -0.2) is 43.6 Å². The lowest BCUT2D eigenvalue weighted by Gasteiger charge is -2.08. The number of carbonyl (C=O) groups is 2. The lowest BCUT2D eigenvalue weighted by Crippen LogP contribution is -2.33. The Balaban J connectivity index is 1.38. The molecule has 0 radical (unpaired) electrons. The van der Waals surface area contributed by atoms with Gasteiger partial charge in [0.25, 0.3) is 5.91 Å². The second-order valence-electron chi connectivity index (χ2n) is 6.21.